The standard InChI is InChI=1S/C13H13N3O5/c17-10-6-16(7-11(18)15-10)13(21)14-9-3-1-2-8(4-9)5-12(19)20/h1-4H,5-7H2,(H,14,21)(H,19,20)(H,15,17,18). The zero-order valence-corrected chi connectivity index (χ0v) is 11.0. The highest BCUT2D eigenvalue weighted by Crippen LogP contribution is 2.12. The first-order valence-electron chi connectivity index (χ1n) is 6.13. The fourth-order valence-corrected chi connectivity index (χ4v) is 1.92. The molecule has 21 heavy (non-hydrogen) atoms. The third kappa shape index (κ3) is 4.03. The van der Waals surface area contributed by atoms with Crippen LogP contribution in [0.25, 0.3) is 0 Å². The minimum atomic E-state index is -0.975. The summed E-state index contributed by atoms with van der Waals surface area (Å²) in [4.78, 5) is 46.1. The van der Waals surface area contributed by atoms with Crippen LogP contribution in [-0.2, 0) is 20.8 Å². The van der Waals surface area contributed by atoms with Gasteiger partial charge in [0.15, 0.2) is 0 Å². The van der Waals surface area contributed by atoms with Crippen molar-refractivity contribution >= 4 is 29.5 Å². The summed E-state index contributed by atoms with van der Waals surface area (Å²) < 4.78 is 0. The number of nitrogens with one attached hydrogen (secondary N) is 2. The molecule has 1 saturated heterocycles. The van der Waals surface area contributed by atoms with Gasteiger partial charge in [0, 0.05) is 5.69 Å². The van der Waals surface area contributed by atoms with E-state index >= 15 is 0 Å². The minimum absolute atomic E-state index is 0.158. The molecule has 1 aliphatic rings. The van der Waals surface area contributed by atoms with Crippen LogP contribution in [0, 0.1) is 0 Å². The van der Waals surface area contributed by atoms with Crippen LogP contribution >= 0.6 is 0 Å². The molecule has 0 saturated carbocycles. The first-order chi connectivity index (χ1) is 9.94. The predicted octanol–water partition coefficient (Wildman–Crippen LogP) is -0.196. The van der Waals surface area contributed by atoms with Gasteiger partial charge >= 0.3 is 12.0 Å². The molecule has 8 heteroatoms. The lowest BCUT2D eigenvalue weighted by Gasteiger charge is -2.25. The van der Waals surface area contributed by atoms with Crippen molar-refractivity contribution in [2.75, 3.05) is 18.4 Å². The van der Waals surface area contributed by atoms with Gasteiger partial charge < -0.3 is 15.3 Å². The van der Waals surface area contributed by atoms with Gasteiger partial charge in [-0.1, -0.05) is 12.1 Å². The van der Waals surface area contributed by atoms with E-state index in [1.165, 1.54) is 6.07 Å². The molecule has 0 spiro atoms. The number of carbonyl (C=O) groups is 4. The molecule has 0 unspecified atom stereocenters. The monoisotopic (exact) mass is 291 g/mol. The predicted molar refractivity (Wildman–Crippen MR) is 71.5 cm³/mol. The van der Waals surface area contributed by atoms with Crippen molar-refractivity contribution < 1.29 is 24.3 Å². The van der Waals surface area contributed by atoms with Crippen molar-refractivity contribution in [3.63, 3.8) is 0 Å². The first kappa shape index (κ1) is 14.5. The zero-order chi connectivity index (χ0) is 15.4. The van der Waals surface area contributed by atoms with Crippen LogP contribution in [0.1, 0.15) is 5.56 Å². The molecule has 0 aromatic heterocycles. The molecule has 1 aliphatic heterocycles. The summed E-state index contributed by atoms with van der Waals surface area (Å²) in [5.74, 6) is -2.06. The van der Waals surface area contributed by atoms with E-state index in [4.69, 9.17) is 5.11 Å². The van der Waals surface area contributed by atoms with Gasteiger partial charge in [0.1, 0.15) is 13.1 Å². The second kappa shape index (κ2) is 6.04. The molecule has 1 aromatic carbocycles. The van der Waals surface area contributed by atoms with Crippen LogP contribution in [0.5, 0.6) is 0 Å². The number of amides is 4. The molecule has 4 amide bonds. The highest BCUT2D eigenvalue weighted by atomic mass is 16.4. The Labute approximate surface area is 119 Å². The fraction of sp³-hybridized carbons (Fsp3) is 0.231. The highest BCUT2D eigenvalue weighted by Gasteiger charge is 2.26. The average Bonchev–Trinajstić information content (AvgIpc) is 2.37. The van der Waals surface area contributed by atoms with Crippen molar-refractivity contribution in [3.05, 3.63) is 29.8 Å². The smallest absolute Gasteiger partial charge is 0.322 e. The Hall–Kier alpha value is -2.90. The topological polar surface area (TPSA) is 116 Å². The second-order valence-corrected chi connectivity index (χ2v) is 4.53. The summed E-state index contributed by atoms with van der Waals surface area (Å²) in [6.07, 6.45) is -0.158. The normalized spacial score (nSPS) is 14.6. The van der Waals surface area contributed by atoms with Crippen molar-refractivity contribution in [1.29, 1.82) is 0 Å². The van der Waals surface area contributed by atoms with Gasteiger partial charge in [-0.2, -0.15) is 0 Å². The number of urea groups is 1. The summed E-state index contributed by atoms with van der Waals surface area (Å²) in [6, 6.07) is 5.77. The quantitative estimate of drug-likeness (QED) is 0.667. The van der Waals surface area contributed by atoms with E-state index in [9.17, 15) is 19.2 Å². The average molecular weight is 291 g/mol. The maximum absolute atomic E-state index is 12.0. The van der Waals surface area contributed by atoms with Crippen LogP contribution in [0.15, 0.2) is 24.3 Å². The number of rotatable bonds is 3. The van der Waals surface area contributed by atoms with Gasteiger partial charge in [-0.05, 0) is 17.7 Å². The molecule has 0 radical (unpaired) electrons. The van der Waals surface area contributed by atoms with E-state index in [-0.39, 0.29) is 19.5 Å². The number of imide groups is 1. The molecule has 2 rings (SSSR count). The van der Waals surface area contributed by atoms with E-state index in [2.05, 4.69) is 10.6 Å². The maximum Gasteiger partial charge on any atom is 0.322 e. The van der Waals surface area contributed by atoms with Crippen molar-refractivity contribution in [3.8, 4) is 0 Å². The molecule has 0 aliphatic carbocycles. The minimum Gasteiger partial charge on any atom is -0.481 e. The van der Waals surface area contributed by atoms with Crippen LogP contribution in [0.3, 0.4) is 0 Å². The molecule has 1 aromatic rings. The number of nitrogens with zero attached hydrogens (tertiary/aromatic N) is 1. The third-order valence-corrected chi connectivity index (χ3v) is 2.77. The maximum atomic E-state index is 12.0. The third-order valence-electron chi connectivity index (χ3n) is 2.77. The molecule has 8 nitrogen and oxygen atoms in total. The summed E-state index contributed by atoms with van der Waals surface area (Å²) in [5.41, 5.74) is 0.935. The number of carboxylic acids is 1. The number of aliphatic carboxylic acids is 1. The molecule has 110 valence electrons. The van der Waals surface area contributed by atoms with Crippen LogP contribution in [0.2, 0.25) is 0 Å². The Bertz CT molecular complexity index is 598. The number of anilines is 1. The van der Waals surface area contributed by atoms with Gasteiger partial charge in [-0.3, -0.25) is 19.7 Å². The summed E-state index contributed by atoms with van der Waals surface area (Å²) in [5, 5.41) is 13.3. The largest absolute Gasteiger partial charge is 0.481 e. The molecule has 1 fully saturated rings. The molecule has 0 bridgehead atoms. The van der Waals surface area contributed by atoms with E-state index in [1.54, 1.807) is 18.2 Å². The molecule has 3 N–H and O–H groups in total. The zero-order valence-electron chi connectivity index (χ0n) is 11.0. The lowest BCUT2D eigenvalue weighted by atomic mass is 10.1. The Kier molecular flexibility index (Phi) is 4.17. The van der Waals surface area contributed by atoms with E-state index < -0.39 is 23.8 Å². The summed E-state index contributed by atoms with van der Waals surface area (Å²) in [6.45, 7) is -0.404. The lowest BCUT2D eigenvalue weighted by molar-refractivity contribution is -0.136. The van der Waals surface area contributed by atoms with Crippen molar-refractivity contribution in [2.45, 2.75) is 6.42 Å². The van der Waals surface area contributed by atoms with Crippen LogP contribution in [-0.4, -0.2) is 46.9 Å². The molecular weight excluding hydrogens is 278 g/mol. The Balaban J connectivity index is 2.03. The van der Waals surface area contributed by atoms with Crippen molar-refractivity contribution in [2.24, 2.45) is 0 Å². The first-order valence-corrected chi connectivity index (χ1v) is 6.13. The number of hydrogen-bond acceptors (Lipinski definition) is 4. The highest BCUT2D eigenvalue weighted by molar-refractivity contribution is 6.04. The fourth-order valence-electron chi connectivity index (χ4n) is 1.92. The van der Waals surface area contributed by atoms with E-state index in [1.807, 2.05) is 0 Å². The SMILES string of the molecule is O=C(O)Cc1cccc(NC(=O)N2CC(=O)NC(=O)C2)c1. The van der Waals surface area contributed by atoms with Gasteiger partial charge in [-0.15, -0.1) is 0 Å². The number of hydrogen-bond donors (Lipinski definition) is 3. The van der Waals surface area contributed by atoms with E-state index in [0.29, 0.717) is 11.3 Å². The van der Waals surface area contributed by atoms with Gasteiger partial charge in [0.2, 0.25) is 11.8 Å². The van der Waals surface area contributed by atoms with Crippen molar-refractivity contribution in [1.82, 2.24) is 10.2 Å². The van der Waals surface area contributed by atoms with Crippen LogP contribution in [0.4, 0.5) is 10.5 Å². The Morgan fingerprint density at radius 1 is 1.24 bits per heavy atom. The van der Waals surface area contributed by atoms with Gasteiger partial charge in [0.05, 0.1) is 6.42 Å². The Morgan fingerprint density at radius 2 is 1.90 bits per heavy atom. The number of carboxylic acid groups (broad SMARTS) is 1. The molecule has 1 heterocycles. The molecular formula is C13H13N3O5. The lowest BCUT2D eigenvalue weighted by Crippen LogP contribution is -2.54. The summed E-state index contributed by atoms with van der Waals surface area (Å²) >= 11 is 0. The molecule has 0 atom stereocenters. The summed E-state index contributed by atoms with van der Waals surface area (Å²) in [7, 11) is 0. The van der Waals surface area contributed by atoms with E-state index in [0.717, 1.165) is 4.90 Å². The van der Waals surface area contributed by atoms with Gasteiger partial charge in [0.25, 0.3) is 0 Å². The second-order valence-electron chi connectivity index (χ2n) is 4.53. The Morgan fingerprint density at radius 3 is 2.52 bits per heavy atom. The van der Waals surface area contributed by atoms with Crippen LogP contribution < -0.4 is 10.6 Å². The van der Waals surface area contributed by atoms with Gasteiger partial charge in [-0.25, -0.2) is 4.79 Å². The number of benzene rings is 1. The number of piperazine rings is 1. The number of carbonyl (C=O) groups excluding carboxylic acids is 3.